The van der Waals surface area contributed by atoms with E-state index < -0.39 is 0 Å². The van der Waals surface area contributed by atoms with Gasteiger partial charge in [-0.25, -0.2) is 0 Å². The predicted octanol–water partition coefficient (Wildman–Crippen LogP) is 1.85. The molecular weight excluding hydrogens is 304 g/mol. The number of nitrogens with zero attached hydrogens (tertiary/aromatic N) is 4. The van der Waals surface area contributed by atoms with E-state index in [0.717, 1.165) is 44.3 Å². The van der Waals surface area contributed by atoms with E-state index in [1.54, 1.807) is 4.68 Å². The van der Waals surface area contributed by atoms with Crippen LogP contribution < -0.4 is 0 Å². The zero-order chi connectivity index (χ0) is 17.3. The van der Waals surface area contributed by atoms with Crippen molar-refractivity contribution in [1.82, 2.24) is 19.6 Å². The summed E-state index contributed by atoms with van der Waals surface area (Å²) < 4.78 is 1.69. The summed E-state index contributed by atoms with van der Waals surface area (Å²) in [5, 5.41) is 4.44. The molecule has 4 rings (SSSR count). The number of hydrogen-bond donors (Lipinski definition) is 0. The van der Waals surface area contributed by atoms with Crippen LogP contribution in [-0.2, 0) is 18.3 Å². The molecule has 6 nitrogen and oxygen atoms in total. The molecular formula is C18H28N4O2. The molecule has 132 valence electrons. The normalized spacial score (nSPS) is 23.7. The quantitative estimate of drug-likeness (QED) is 0.827. The Labute approximate surface area is 143 Å². The first-order valence-electron chi connectivity index (χ1n) is 9.17. The number of hydrogen-bond acceptors (Lipinski definition) is 3. The van der Waals surface area contributed by atoms with Crippen molar-refractivity contribution < 1.29 is 9.59 Å². The van der Waals surface area contributed by atoms with Gasteiger partial charge in [-0.15, -0.1) is 0 Å². The Kier molecular flexibility index (Phi) is 4.92. The third kappa shape index (κ3) is 3.06. The van der Waals surface area contributed by atoms with Crippen LogP contribution in [0.5, 0.6) is 0 Å². The number of fused-ring (bicyclic) bond motifs is 4. The van der Waals surface area contributed by atoms with Gasteiger partial charge in [0.25, 0.3) is 5.91 Å². The van der Waals surface area contributed by atoms with Crippen molar-refractivity contribution in [3.8, 4) is 0 Å². The van der Waals surface area contributed by atoms with E-state index in [-0.39, 0.29) is 23.8 Å². The summed E-state index contributed by atoms with van der Waals surface area (Å²) in [6.07, 6.45) is 4.77. The molecule has 6 heteroatoms. The van der Waals surface area contributed by atoms with Gasteiger partial charge >= 0.3 is 0 Å². The van der Waals surface area contributed by atoms with Gasteiger partial charge in [-0.1, -0.05) is 20.3 Å². The van der Waals surface area contributed by atoms with Gasteiger partial charge in [0.15, 0.2) is 0 Å². The summed E-state index contributed by atoms with van der Waals surface area (Å²) >= 11 is 0. The highest BCUT2D eigenvalue weighted by Crippen LogP contribution is 2.30. The maximum atomic E-state index is 13.0. The molecule has 3 fully saturated rings. The molecule has 3 saturated heterocycles. The van der Waals surface area contributed by atoms with Crippen LogP contribution in [0.1, 0.15) is 55.7 Å². The van der Waals surface area contributed by atoms with Crippen molar-refractivity contribution in [2.75, 3.05) is 19.6 Å². The fourth-order valence-electron chi connectivity index (χ4n) is 4.01. The molecule has 0 N–H and O–H groups in total. The molecule has 2 atom stereocenters. The van der Waals surface area contributed by atoms with Crippen molar-refractivity contribution in [2.45, 2.75) is 52.0 Å². The van der Waals surface area contributed by atoms with Gasteiger partial charge in [-0.3, -0.25) is 14.3 Å². The van der Waals surface area contributed by atoms with Gasteiger partial charge in [-0.05, 0) is 31.7 Å². The zero-order valence-electron chi connectivity index (χ0n) is 15.0. The molecule has 0 radical (unpaired) electrons. The number of aromatic nitrogens is 2. The fourth-order valence-corrected chi connectivity index (χ4v) is 4.01. The van der Waals surface area contributed by atoms with Crippen LogP contribution in [0.25, 0.3) is 0 Å². The highest BCUT2D eigenvalue weighted by atomic mass is 16.2. The van der Waals surface area contributed by atoms with Crippen molar-refractivity contribution in [2.24, 2.45) is 13.0 Å². The number of carbonyl (C=O) groups is 2. The molecule has 0 unspecified atom stereocenters. The van der Waals surface area contributed by atoms with E-state index in [1.165, 1.54) is 0 Å². The maximum Gasteiger partial charge on any atom is 0.272 e. The first kappa shape index (κ1) is 17.0. The second-order valence-corrected chi connectivity index (χ2v) is 7.06. The Hall–Kier alpha value is -1.85. The molecule has 1 aromatic heterocycles. The minimum atomic E-state index is -0.0393. The van der Waals surface area contributed by atoms with Crippen LogP contribution in [0.2, 0.25) is 0 Å². The minimum Gasteiger partial charge on any atom is -0.338 e. The van der Waals surface area contributed by atoms with E-state index >= 15 is 0 Å². The number of rotatable bonds is 5. The molecule has 2 bridgehead atoms. The van der Waals surface area contributed by atoms with Crippen molar-refractivity contribution >= 4 is 11.8 Å². The molecule has 24 heavy (non-hydrogen) atoms. The highest BCUT2D eigenvalue weighted by molar-refractivity contribution is 5.93. The first-order chi connectivity index (χ1) is 11.5. The average Bonchev–Trinajstić information content (AvgIpc) is 2.73. The van der Waals surface area contributed by atoms with Crippen molar-refractivity contribution in [1.29, 1.82) is 0 Å². The summed E-state index contributed by atoms with van der Waals surface area (Å²) in [6.45, 7) is 6.20. The standard InChI is InChI=1S/C18H28N4O2/c1-4-6-14-10-16(20(3)19-14)18(24)21-11-13-7-8-15(12-21)22(9-5-2)17(13)23/h10,13,15H,4-9,11-12H2,1-3H3/t13-,15+/m0/s1. The lowest BCUT2D eigenvalue weighted by atomic mass is 9.94. The van der Waals surface area contributed by atoms with Gasteiger partial charge in [0.05, 0.1) is 11.6 Å². The summed E-state index contributed by atoms with van der Waals surface area (Å²) in [7, 11) is 1.83. The Morgan fingerprint density at radius 2 is 2.04 bits per heavy atom. The predicted molar refractivity (Wildman–Crippen MR) is 91.6 cm³/mol. The SMILES string of the molecule is CCCc1cc(C(=O)N2C[C@@H]3CC[C@H](C2)N(CCC)C3=O)n(C)n1. The Balaban J connectivity index is 1.80. The lowest BCUT2D eigenvalue weighted by Crippen LogP contribution is -2.48. The molecule has 3 aliphatic heterocycles. The van der Waals surface area contributed by atoms with Crippen LogP contribution >= 0.6 is 0 Å². The number of piperidine rings is 1. The van der Waals surface area contributed by atoms with E-state index in [1.807, 2.05) is 22.9 Å². The molecule has 1 aromatic rings. The van der Waals surface area contributed by atoms with Crippen molar-refractivity contribution in [3.63, 3.8) is 0 Å². The van der Waals surface area contributed by atoms with Crippen molar-refractivity contribution in [3.05, 3.63) is 17.5 Å². The van der Waals surface area contributed by atoms with Crippen LogP contribution in [0.4, 0.5) is 0 Å². The van der Waals surface area contributed by atoms with Gasteiger partial charge in [0.2, 0.25) is 5.91 Å². The number of carbonyl (C=O) groups excluding carboxylic acids is 2. The molecule has 3 aliphatic rings. The molecule has 0 aliphatic carbocycles. The number of aryl methyl sites for hydroxylation is 2. The summed E-state index contributed by atoms with van der Waals surface area (Å²) in [5.41, 5.74) is 1.60. The Bertz CT molecular complexity index is 625. The highest BCUT2D eigenvalue weighted by Gasteiger charge is 2.41. The van der Waals surface area contributed by atoms with Gasteiger partial charge in [-0.2, -0.15) is 5.10 Å². The van der Waals surface area contributed by atoms with E-state index in [9.17, 15) is 9.59 Å². The number of amides is 2. The van der Waals surface area contributed by atoms with Crippen LogP contribution in [0.3, 0.4) is 0 Å². The molecule has 0 aromatic carbocycles. The Morgan fingerprint density at radius 1 is 1.25 bits per heavy atom. The minimum absolute atomic E-state index is 0.00963. The second-order valence-electron chi connectivity index (χ2n) is 7.06. The van der Waals surface area contributed by atoms with Crippen LogP contribution in [0.15, 0.2) is 6.07 Å². The first-order valence-corrected chi connectivity index (χ1v) is 9.17. The molecule has 2 amide bonds. The monoisotopic (exact) mass is 332 g/mol. The van der Waals surface area contributed by atoms with Gasteiger partial charge in [0.1, 0.15) is 5.69 Å². The molecule has 4 heterocycles. The van der Waals surface area contributed by atoms with E-state index in [2.05, 4.69) is 18.9 Å². The third-order valence-electron chi connectivity index (χ3n) is 5.20. The Morgan fingerprint density at radius 3 is 2.75 bits per heavy atom. The third-order valence-corrected chi connectivity index (χ3v) is 5.20. The van der Waals surface area contributed by atoms with E-state index in [0.29, 0.717) is 18.8 Å². The topological polar surface area (TPSA) is 58.4 Å². The average molecular weight is 332 g/mol. The van der Waals surface area contributed by atoms with Gasteiger partial charge in [0, 0.05) is 32.7 Å². The summed E-state index contributed by atoms with van der Waals surface area (Å²) in [4.78, 5) is 29.5. The van der Waals surface area contributed by atoms with Crippen LogP contribution in [0, 0.1) is 5.92 Å². The van der Waals surface area contributed by atoms with Gasteiger partial charge < -0.3 is 9.80 Å². The smallest absolute Gasteiger partial charge is 0.272 e. The molecule has 0 saturated carbocycles. The van der Waals surface area contributed by atoms with Crippen LogP contribution in [-0.4, -0.2) is 57.1 Å². The maximum absolute atomic E-state index is 13.0. The summed E-state index contributed by atoms with van der Waals surface area (Å²) in [6, 6.07) is 2.08. The largest absolute Gasteiger partial charge is 0.338 e. The second kappa shape index (κ2) is 6.95. The summed E-state index contributed by atoms with van der Waals surface area (Å²) in [5.74, 6) is 0.207. The van der Waals surface area contributed by atoms with E-state index in [4.69, 9.17) is 0 Å². The molecule has 0 spiro atoms. The lowest BCUT2D eigenvalue weighted by Gasteiger charge is -2.35. The lowest BCUT2D eigenvalue weighted by molar-refractivity contribution is -0.139. The fraction of sp³-hybridized carbons (Fsp3) is 0.722. The zero-order valence-corrected chi connectivity index (χ0v) is 15.0.